The summed E-state index contributed by atoms with van der Waals surface area (Å²) < 4.78 is 1.90. The zero-order chi connectivity index (χ0) is 15.1. The van der Waals surface area contributed by atoms with Crippen molar-refractivity contribution >= 4 is 11.9 Å². The van der Waals surface area contributed by atoms with Crippen LogP contribution in [0, 0.1) is 5.92 Å². The number of likely N-dealkylation sites (tertiary alicyclic amines) is 1. The molecule has 21 heavy (non-hydrogen) atoms. The third-order valence-electron chi connectivity index (χ3n) is 3.72. The van der Waals surface area contributed by atoms with E-state index >= 15 is 0 Å². The minimum atomic E-state index is -0.848. The maximum absolute atomic E-state index is 12.2. The Bertz CT molecular complexity index is 461. The SMILES string of the molecule is O=C(O)CNCC1CCCN(C(=O)CCn2ccnc2)C1. The molecule has 1 unspecified atom stereocenters. The van der Waals surface area contributed by atoms with E-state index in [1.807, 2.05) is 15.7 Å². The molecule has 1 saturated heterocycles. The van der Waals surface area contributed by atoms with Gasteiger partial charge in [0.25, 0.3) is 0 Å². The molecular weight excluding hydrogens is 272 g/mol. The van der Waals surface area contributed by atoms with Gasteiger partial charge in [0.15, 0.2) is 0 Å². The molecule has 7 heteroatoms. The molecule has 0 aliphatic carbocycles. The maximum atomic E-state index is 12.2. The van der Waals surface area contributed by atoms with E-state index in [1.54, 1.807) is 12.5 Å². The molecular formula is C14H22N4O3. The molecule has 1 aliphatic heterocycles. The van der Waals surface area contributed by atoms with Gasteiger partial charge in [0.2, 0.25) is 5.91 Å². The summed E-state index contributed by atoms with van der Waals surface area (Å²) in [5, 5.41) is 11.5. The van der Waals surface area contributed by atoms with E-state index < -0.39 is 5.97 Å². The first-order valence-corrected chi connectivity index (χ1v) is 7.31. The zero-order valence-corrected chi connectivity index (χ0v) is 12.1. The molecule has 0 saturated carbocycles. The Balaban J connectivity index is 1.72. The number of imidazole rings is 1. The highest BCUT2D eigenvalue weighted by atomic mass is 16.4. The van der Waals surface area contributed by atoms with Gasteiger partial charge < -0.3 is 19.9 Å². The number of rotatable bonds is 7. The van der Waals surface area contributed by atoms with E-state index in [0.717, 1.165) is 25.9 Å². The Morgan fingerprint density at radius 3 is 3.00 bits per heavy atom. The molecule has 1 aromatic heterocycles. The van der Waals surface area contributed by atoms with Gasteiger partial charge in [-0.05, 0) is 18.8 Å². The van der Waals surface area contributed by atoms with E-state index in [9.17, 15) is 9.59 Å². The van der Waals surface area contributed by atoms with Crippen LogP contribution in [-0.4, -0.2) is 57.6 Å². The molecule has 7 nitrogen and oxygen atoms in total. The van der Waals surface area contributed by atoms with Gasteiger partial charge in [-0.1, -0.05) is 0 Å². The minimum absolute atomic E-state index is 0.0227. The lowest BCUT2D eigenvalue weighted by molar-refractivity contribution is -0.136. The number of carboxylic acid groups (broad SMARTS) is 1. The van der Waals surface area contributed by atoms with Crippen molar-refractivity contribution in [1.29, 1.82) is 0 Å². The lowest BCUT2D eigenvalue weighted by Gasteiger charge is -2.33. The Morgan fingerprint density at radius 2 is 2.29 bits per heavy atom. The Labute approximate surface area is 124 Å². The summed E-state index contributed by atoms with van der Waals surface area (Å²) >= 11 is 0. The van der Waals surface area contributed by atoms with Gasteiger partial charge in [-0.2, -0.15) is 0 Å². The molecule has 1 aliphatic rings. The molecule has 2 N–H and O–H groups in total. The number of carboxylic acids is 1. The quantitative estimate of drug-likeness (QED) is 0.749. The number of amides is 1. The molecule has 2 rings (SSSR count). The Hall–Kier alpha value is -1.89. The number of piperidine rings is 1. The first-order valence-electron chi connectivity index (χ1n) is 7.31. The van der Waals surface area contributed by atoms with E-state index in [4.69, 9.17) is 5.11 Å². The minimum Gasteiger partial charge on any atom is -0.480 e. The molecule has 1 amide bonds. The average Bonchev–Trinajstić information content (AvgIpc) is 2.98. The van der Waals surface area contributed by atoms with Crippen molar-refractivity contribution in [1.82, 2.24) is 19.8 Å². The van der Waals surface area contributed by atoms with Crippen LogP contribution in [0.2, 0.25) is 0 Å². The highest BCUT2D eigenvalue weighted by Gasteiger charge is 2.23. The second kappa shape index (κ2) is 7.78. The fourth-order valence-corrected chi connectivity index (χ4v) is 2.64. The van der Waals surface area contributed by atoms with Gasteiger partial charge in [-0.3, -0.25) is 9.59 Å². The summed E-state index contributed by atoms with van der Waals surface area (Å²) in [5.41, 5.74) is 0. The summed E-state index contributed by atoms with van der Waals surface area (Å²) in [6.45, 7) is 2.80. The summed E-state index contributed by atoms with van der Waals surface area (Å²) in [7, 11) is 0. The predicted octanol–water partition coefficient (Wildman–Crippen LogP) is 0.186. The van der Waals surface area contributed by atoms with Crippen molar-refractivity contribution in [3.8, 4) is 0 Å². The molecule has 1 fully saturated rings. The molecule has 1 atom stereocenters. The topological polar surface area (TPSA) is 87.5 Å². The van der Waals surface area contributed by atoms with Crippen LogP contribution in [0.25, 0.3) is 0 Å². The van der Waals surface area contributed by atoms with Crippen molar-refractivity contribution in [3.05, 3.63) is 18.7 Å². The second-order valence-corrected chi connectivity index (χ2v) is 5.42. The van der Waals surface area contributed by atoms with Crippen molar-refractivity contribution in [3.63, 3.8) is 0 Å². The third-order valence-corrected chi connectivity index (χ3v) is 3.72. The van der Waals surface area contributed by atoms with Crippen LogP contribution >= 0.6 is 0 Å². The monoisotopic (exact) mass is 294 g/mol. The standard InChI is InChI=1S/C14H22N4O3/c19-13(3-6-17-7-4-15-11-17)18-5-1-2-12(10-18)8-16-9-14(20)21/h4,7,11-12,16H,1-3,5-6,8-10H2,(H,20,21). The number of hydrogen-bond acceptors (Lipinski definition) is 4. The lowest BCUT2D eigenvalue weighted by atomic mass is 9.97. The van der Waals surface area contributed by atoms with Crippen LogP contribution < -0.4 is 5.32 Å². The van der Waals surface area contributed by atoms with Crippen LogP contribution in [0.1, 0.15) is 19.3 Å². The number of aryl methyl sites for hydroxylation is 1. The Morgan fingerprint density at radius 1 is 1.43 bits per heavy atom. The summed E-state index contributed by atoms with van der Waals surface area (Å²) in [4.78, 5) is 28.5. The first-order chi connectivity index (χ1) is 10.1. The molecule has 0 spiro atoms. The number of nitrogens with zero attached hydrogens (tertiary/aromatic N) is 3. The van der Waals surface area contributed by atoms with Crippen LogP contribution in [0.5, 0.6) is 0 Å². The first kappa shape index (κ1) is 15.5. The number of carbonyl (C=O) groups is 2. The van der Waals surface area contributed by atoms with Crippen molar-refractivity contribution in [2.45, 2.75) is 25.8 Å². The van der Waals surface area contributed by atoms with E-state index in [0.29, 0.717) is 25.4 Å². The highest BCUT2D eigenvalue weighted by Crippen LogP contribution is 2.16. The maximum Gasteiger partial charge on any atom is 0.317 e. The number of aromatic nitrogens is 2. The lowest BCUT2D eigenvalue weighted by Crippen LogP contribution is -2.43. The molecule has 116 valence electrons. The summed E-state index contributed by atoms with van der Waals surface area (Å²) in [5.74, 6) is -0.346. The average molecular weight is 294 g/mol. The van der Waals surface area contributed by atoms with E-state index in [2.05, 4.69) is 10.3 Å². The highest BCUT2D eigenvalue weighted by molar-refractivity contribution is 5.76. The van der Waals surface area contributed by atoms with Crippen molar-refractivity contribution in [2.24, 2.45) is 5.92 Å². The summed E-state index contributed by atoms with van der Waals surface area (Å²) in [6, 6.07) is 0. The predicted molar refractivity (Wildman–Crippen MR) is 76.7 cm³/mol. The largest absolute Gasteiger partial charge is 0.480 e. The summed E-state index contributed by atoms with van der Waals surface area (Å²) in [6.07, 6.45) is 7.76. The van der Waals surface area contributed by atoms with Crippen LogP contribution in [0.15, 0.2) is 18.7 Å². The van der Waals surface area contributed by atoms with Gasteiger partial charge in [0.1, 0.15) is 0 Å². The fraction of sp³-hybridized carbons (Fsp3) is 0.643. The number of hydrogen-bond donors (Lipinski definition) is 2. The van der Waals surface area contributed by atoms with Crippen molar-refractivity contribution in [2.75, 3.05) is 26.2 Å². The normalized spacial score (nSPS) is 18.7. The van der Waals surface area contributed by atoms with Crippen molar-refractivity contribution < 1.29 is 14.7 Å². The number of aliphatic carboxylic acids is 1. The van der Waals surface area contributed by atoms with Gasteiger partial charge in [0.05, 0.1) is 12.9 Å². The van der Waals surface area contributed by atoms with E-state index in [1.165, 1.54) is 0 Å². The third kappa shape index (κ3) is 5.18. The fourth-order valence-electron chi connectivity index (χ4n) is 2.64. The Kier molecular flexibility index (Phi) is 5.74. The van der Waals surface area contributed by atoms with Gasteiger partial charge >= 0.3 is 5.97 Å². The van der Waals surface area contributed by atoms with Gasteiger partial charge in [0, 0.05) is 45.0 Å². The zero-order valence-electron chi connectivity index (χ0n) is 12.1. The molecule has 1 aromatic rings. The van der Waals surface area contributed by atoms with Crippen LogP contribution in [0.4, 0.5) is 0 Å². The molecule has 0 aromatic carbocycles. The smallest absolute Gasteiger partial charge is 0.317 e. The van der Waals surface area contributed by atoms with Crippen LogP contribution in [0.3, 0.4) is 0 Å². The second-order valence-electron chi connectivity index (χ2n) is 5.42. The van der Waals surface area contributed by atoms with Crippen LogP contribution in [-0.2, 0) is 16.1 Å². The molecule has 0 bridgehead atoms. The van der Waals surface area contributed by atoms with Gasteiger partial charge in [-0.25, -0.2) is 4.98 Å². The number of carbonyl (C=O) groups excluding carboxylic acids is 1. The van der Waals surface area contributed by atoms with Gasteiger partial charge in [-0.15, -0.1) is 0 Å². The molecule has 2 heterocycles. The van der Waals surface area contributed by atoms with E-state index in [-0.39, 0.29) is 12.5 Å². The number of nitrogens with one attached hydrogen (secondary N) is 1. The molecule has 0 radical (unpaired) electrons.